The summed E-state index contributed by atoms with van der Waals surface area (Å²) < 4.78 is 26.3. The first-order chi connectivity index (χ1) is 19.6. The highest BCUT2D eigenvalue weighted by atomic mass is 32.2. The number of fused-ring (bicyclic) bond motifs is 1. The number of amides is 4. The Morgan fingerprint density at radius 3 is 2.27 bits per heavy atom. The molecule has 14 heteroatoms. The first-order valence-corrected chi connectivity index (χ1v) is 14.6. The number of urea groups is 1. The van der Waals surface area contributed by atoms with E-state index in [2.05, 4.69) is 15.5 Å². The molecule has 0 spiro atoms. The molecule has 0 atom stereocenters. The Kier molecular flexibility index (Phi) is 9.11. The Labute approximate surface area is 240 Å². The molecule has 4 rings (SSSR count). The Hall–Kier alpha value is -4.60. The highest BCUT2D eigenvalue weighted by Gasteiger charge is 2.30. The van der Waals surface area contributed by atoms with Crippen LogP contribution < -0.4 is 16.4 Å². The van der Waals surface area contributed by atoms with Crippen LogP contribution in [0, 0.1) is 22.7 Å². The van der Waals surface area contributed by atoms with Crippen LogP contribution in [0.2, 0.25) is 0 Å². The number of thiophene rings is 1. The molecule has 41 heavy (non-hydrogen) atoms. The quantitative estimate of drug-likeness (QED) is 0.316. The van der Waals surface area contributed by atoms with Crippen LogP contribution >= 0.6 is 11.3 Å². The molecule has 1 aromatic heterocycles. The van der Waals surface area contributed by atoms with E-state index < -0.39 is 41.0 Å². The van der Waals surface area contributed by atoms with E-state index in [1.54, 1.807) is 12.1 Å². The van der Waals surface area contributed by atoms with Gasteiger partial charge in [0.25, 0.3) is 11.8 Å². The van der Waals surface area contributed by atoms with Crippen molar-refractivity contribution in [1.29, 1.82) is 10.5 Å². The summed E-state index contributed by atoms with van der Waals surface area (Å²) in [5.74, 6) is -1.33. The normalized spacial score (nSPS) is 13.0. The predicted octanol–water partition coefficient (Wildman–Crippen LogP) is 2.41. The average molecular weight is 592 g/mol. The highest BCUT2D eigenvalue weighted by Crippen LogP contribution is 2.38. The number of primary amides is 1. The van der Waals surface area contributed by atoms with Gasteiger partial charge in [0, 0.05) is 30.1 Å². The fourth-order valence-corrected chi connectivity index (χ4v) is 6.94. The molecule has 0 saturated heterocycles. The molecule has 0 saturated carbocycles. The van der Waals surface area contributed by atoms with Crippen LogP contribution in [-0.4, -0.2) is 55.1 Å². The van der Waals surface area contributed by atoms with Crippen LogP contribution in [0.4, 0.5) is 9.80 Å². The molecule has 2 heterocycles. The number of hydrogen-bond acceptors (Lipinski definition) is 9. The monoisotopic (exact) mass is 591 g/mol. The SMILES string of the molecule is N#CCN(CC#N)S(=O)(=O)c1ccc(C(=O)Nc2sc3c(c2C(=O)NC(N)=O)CCN(Cc2ccccc2)C3)cc1. The van der Waals surface area contributed by atoms with Gasteiger partial charge in [-0.3, -0.25) is 19.8 Å². The molecule has 1 aliphatic heterocycles. The molecule has 4 amide bonds. The standard InChI is InChI=1S/C27H25N7O5S2/c28-11-14-34(15-12-29)41(38,39)20-8-6-19(7-9-20)24(35)31-26-23(25(36)32-27(30)37)21-10-13-33(17-22(21)40-26)16-18-4-2-1-3-5-18/h1-9H,10,13-17H2,(H,31,35)(H3,30,32,36,37). The molecular weight excluding hydrogens is 566 g/mol. The number of anilines is 1. The number of carbonyl (C=O) groups is 3. The predicted molar refractivity (Wildman–Crippen MR) is 150 cm³/mol. The minimum Gasteiger partial charge on any atom is -0.351 e. The number of imide groups is 1. The van der Waals surface area contributed by atoms with Gasteiger partial charge in [0.1, 0.15) is 18.1 Å². The highest BCUT2D eigenvalue weighted by molar-refractivity contribution is 7.89. The lowest BCUT2D eigenvalue weighted by Gasteiger charge is -2.27. The van der Waals surface area contributed by atoms with Gasteiger partial charge in [-0.2, -0.15) is 14.8 Å². The zero-order valence-corrected chi connectivity index (χ0v) is 23.3. The van der Waals surface area contributed by atoms with E-state index in [0.717, 1.165) is 20.3 Å². The topological polar surface area (TPSA) is 189 Å². The summed E-state index contributed by atoms with van der Waals surface area (Å²) in [6.45, 7) is 0.905. The summed E-state index contributed by atoms with van der Waals surface area (Å²) in [5, 5.41) is 22.9. The third kappa shape index (κ3) is 6.77. The summed E-state index contributed by atoms with van der Waals surface area (Å²) >= 11 is 1.23. The Bertz CT molecular complexity index is 1640. The number of nitrogens with one attached hydrogen (secondary N) is 2. The lowest BCUT2D eigenvalue weighted by atomic mass is 10.0. The summed E-state index contributed by atoms with van der Waals surface area (Å²) in [5.41, 5.74) is 7.32. The molecule has 0 bridgehead atoms. The van der Waals surface area contributed by atoms with Crippen LogP contribution in [0.25, 0.3) is 0 Å². The van der Waals surface area contributed by atoms with Crippen molar-refractivity contribution in [2.45, 2.75) is 24.4 Å². The molecule has 4 N–H and O–H groups in total. The van der Waals surface area contributed by atoms with Crippen molar-refractivity contribution in [3.05, 3.63) is 81.7 Å². The minimum atomic E-state index is -4.13. The number of nitrogens with zero attached hydrogens (tertiary/aromatic N) is 4. The van der Waals surface area contributed by atoms with E-state index >= 15 is 0 Å². The summed E-state index contributed by atoms with van der Waals surface area (Å²) in [6, 6.07) is 17.3. The molecule has 210 valence electrons. The second-order valence-corrected chi connectivity index (χ2v) is 12.1. The number of benzene rings is 2. The molecule has 2 aromatic carbocycles. The summed E-state index contributed by atoms with van der Waals surface area (Å²) in [6.07, 6.45) is 0.518. The van der Waals surface area contributed by atoms with E-state index in [9.17, 15) is 22.8 Å². The number of nitriles is 2. The van der Waals surface area contributed by atoms with Crippen molar-refractivity contribution in [2.75, 3.05) is 25.0 Å². The lowest BCUT2D eigenvalue weighted by Crippen LogP contribution is -2.36. The lowest BCUT2D eigenvalue weighted by molar-refractivity contribution is 0.0965. The van der Waals surface area contributed by atoms with Crippen LogP contribution in [0.15, 0.2) is 59.5 Å². The Balaban J connectivity index is 1.58. The van der Waals surface area contributed by atoms with Gasteiger partial charge >= 0.3 is 6.03 Å². The maximum Gasteiger partial charge on any atom is 0.319 e. The van der Waals surface area contributed by atoms with Gasteiger partial charge in [0.15, 0.2) is 0 Å². The molecule has 0 fully saturated rings. The Morgan fingerprint density at radius 1 is 1.00 bits per heavy atom. The number of sulfonamides is 1. The van der Waals surface area contributed by atoms with Gasteiger partial charge in [-0.05, 0) is 41.8 Å². The summed E-state index contributed by atoms with van der Waals surface area (Å²) in [7, 11) is -4.13. The zero-order chi connectivity index (χ0) is 29.6. The first-order valence-electron chi connectivity index (χ1n) is 12.3. The molecule has 3 aromatic rings. The molecule has 1 aliphatic rings. The van der Waals surface area contributed by atoms with Crippen molar-refractivity contribution in [3.63, 3.8) is 0 Å². The number of nitrogens with two attached hydrogens (primary N) is 1. The van der Waals surface area contributed by atoms with Crippen LogP contribution in [0.5, 0.6) is 0 Å². The smallest absolute Gasteiger partial charge is 0.319 e. The molecular formula is C27H25N7O5S2. The van der Waals surface area contributed by atoms with Gasteiger partial charge in [-0.25, -0.2) is 13.2 Å². The van der Waals surface area contributed by atoms with E-state index in [0.29, 0.717) is 26.1 Å². The van der Waals surface area contributed by atoms with E-state index in [1.807, 2.05) is 30.3 Å². The van der Waals surface area contributed by atoms with Crippen molar-refractivity contribution in [3.8, 4) is 12.1 Å². The van der Waals surface area contributed by atoms with E-state index in [1.165, 1.54) is 35.6 Å². The maximum absolute atomic E-state index is 13.1. The van der Waals surface area contributed by atoms with Crippen molar-refractivity contribution in [2.24, 2.45) is 5.73 Å². The average Bonchev–Trinajstić information content (AvgIpc) is 3.30. The molecule has 0 radical (unpaired) electrons. The molecule has 0 unspecified atom stereocenters. The van der Waals surface area contributed by atoms with Gasteiger partial charge in [0.05, 0.1) is 22.6 Å². The summed E-state index contributed by atoms with van der Waals surface area (Å²) in [4.78, 5) is 40.4. The Morgan fingerprint density at radius 2 is 1.66 bits per heavy atom. The third-order valence-electron chi connectivity index (χ3n) is 6.32. The van der Waals surface area contributed by atoms with Crippen LogP contribution in [-0.2, 0) is 29.5 Å². The first kappa shape index (κ1) is 29.4. The van der Waals surface area contributed by atoms with Gasteiger partial charge in [-0.1, -0.05) is 30.3 Å². The van der Waals surface area contributed by atoms with E-state index in [-0.39, 0.29) is 21.0 Å². The number of rotatable bonds is 9. The number of hydrogen-bond donors (Lipinski definition) is 3. The van der Waals surface area contributed by atoms with Crippen LogP contribution in [0.3, 0.4) is 0 Å². The van der Waals surface area contributed by atoms with Gasteiger partial charge in [-0.15, -0.1) is 11.3 Å². The fraction of sp³-hybridized carbons (Fsp3) is 0.222. The second-order valence-electron chi connectivity index (χ2n) is 9.04. The number of carbonyl (C=O) groups excluding carboxylic acids is 3. The van der Waals surface area contributed by atoms with Crippen molar-refractivity contribution >= 4 is 44.2 Å². The fourth-order valence-electron chi connectivity index (χ4n) is 4.42. The third-order valence-corrected chi connectivity index (χ3v) is 9.26. The minimum absolute atomic E-state index is 0.106. The second kappa shape index (κ2) is 12.7. The van der Waals surface area contributed by atoms with Gasteiger partial charge < -0.3 is 11.1 Å². The van der Waals surface area contributed by atoms with Crippen molar-refractivity contribution < 1.29 is 22.8 Å². The van der Waals surface area contributed by atoms with E-state index in [4.69, 9.17) is 16.3 Å². The van der Waals surface area contributed by atoms with Crippen LogP contribution in [0.1, 0.15) is 36.7 Å². The van der Waals surface area contributed by atoms with Gasteiger partial charge in [0.2, 0.25) is 10.0 Å². The molecule has 0 aliphatic carbocycles. The molecule has 12 nitrogen and oxygen atoms in total. The zero-order valence-electron chi connectivity index (χ0n) is 21.7. The maximum atomic E-state index is 13.1. The van der Waals surface area contributed by atoms with Crippen molar-refractivity contribution in [1.82, 2.24) is 14.5 Å². The largest absolute Gasteiger partial charge is 0.351 e.